The van der Waals surface area contributed by atoms with E-state index < -0.39 is 5.82 Å². The molecule has 1 aliphatic heterocycles. The molecule has 108 valence electrons. The number of likely N-dealkylation sites (tertiary alicyclic amines) is 1. The molecule has 0 saturated carbocycles. The van der Waals surface area contributed by atoms with Crippen LogP contribution in [0.1, 0.15) is 23.2 Å². The molecule has 1 aromatic carbocycles. The number of allylic oxidation sites excluding steroid dienone is 2. The smallest absolute Gasteiger partial charge is 0.233 e. The van der Waals surface area contributed by atoms with E-state index in [0.29, 0.717) is 18.4 Å². The first-order valence-electron chi connectivity index (χ1n) is 6.87. The third kappa shape index (κ3) is 2.39. The molecule has 3 rings (SSSR count). The molecule has 0 radical (unpaired) electrons. The van der Waals surface area contributed by atoms with Gasteiger partial charge < -0.3 is 0 Å². The Hall–Kier alpha value is -2.30. The van der Waals surface area contributed by atoms with Gasteiger partial charge >= 0.3 is 0 Å². The molecule has 1 heterocycles. The summed E-state index contributed by atoms with van der Waals surface area (Å²) in [7, 11) is 0. The zero-order chi connectivity index (χ0) is 15.0. The van der Waals surface area contributed by atoms with Gasteiger partial charge in [-0.3, -0.25) is 19.3 Å². The average Bonchev–Trinajstić information content (AvgIpc) is 2.73. The fourth-order valence-electron chi connectivity index (χ4n) is 2.90. The quantitative estimate of drug-likeness (QED) is 0.485. The Morgan fingerprint density at radius 1 is 1.05 bits per heavy atom. The second kappa shape index (κ2) is 5.24. The summed E-state index contributed by atoms with van der Waals surface area (Å²) in [5.41, 5.74) is 0.296. The number of benzene rings is 1. The van der Waals surface area contributed by atoms with Gasteiger partial charge in [-0.1, -0.05) is 12.2 Å². The van der Waals surface area contributed by atoms with Gasteiger partial charge in [0.2, 0.25) is 11.8 Å². The van der Waals surface area contributed by atoms with E-state index in [0.717, 1.165) is 4.90 Å². The lowest BCUT2D eigenvalue weighted by Crippen LogP contribution is -2.36. The van der Waals surface area contributed by atoms with E-state index in [-0.39, 0.29) is 36.0 Å². The minimum Gasteiger partial charge on any atom is -0.292 e. The van der Waals surface area contributed by atoms with Gasteiger partial charge in [-0.05, 0) is 37.1 Å². The molecular weight excluding hydrogens is 273 g/mol. The van der Waals surface area contributed by atoms with E-state index in [2.05, 4.69) is 0 Å². The van der Waals surface area contributed by atoms with Crippen LogP contribution >= 0.6 is 0 Å². The zero-order valence-electron chi connectivity index (χ0n) is 11.3. The second-order valence-electron chi connectivity index (χ2n) is 5.35. The highest BCUT2D eigenvalue weighted by molar-refractivity contribution is 6.10. The van der Waals surface area contributed by atoms with Crippen molar-refractivity contribution in [1.82, 2.24) is 4.90 Å². The number of carbonyl (C=O) groups excluding carboxylic acids is 3. The van der Waals surface area contributed by atoms with Crippen molar-refractivity contribution >= 4 is 17.6 Å². The van der Waals surface area contributed by atoms with E-state index in [1.807, 2.05) is 12.2 Å². The Balaban J connectivity index is 1.76. The van der Waals surface area contributed by atoms with Crippen LogP contribution in [0.2, 0.25) is 0 Å². The number of fused-ring (bicyclic) bond motifs is 1. The minimum atomic E-state index is -0.433. The van der Waals surface area contributed by atoms with Crippen LogP contribution < -0.4 is 0 Å². The third-order valence-electron chi connectivity index (χ3n) is 4.07. The van der Waals surface area contributed by atoms with Crippen LogP contribution in [0.25, 0.3) is 0 Å². The van der Waals surface area contributed by atoms with Gasteiger partial charge in [0, 0.05) is 5.56 Å². The molecule has 0 spiro atoms. The zero-order valence-corrected chi connectivity index (χ0v) is 11.3. The highest BCUT2D eigenvalue weighted by Gasteiger charge is 2.47. The molecule has 1 saturated heterocycles. The first kappa shape index (κ1) is 13.7. The topological polar surface area (TPSA) is 54.5 Å². The molecule has 2 aliphatic rings. The van der Waals surface area contributed by atoms with Crippen LogP contribution in [0.5, 0.6) is 0 Å². The number of halogens is 1. The van der Waals surface area contributed by atoms with Crippen LogP contribution in [0.3, 0.4) is 0 Å². The predicted octanol–water partition coefficient (Wildman–Crippen LogP) is 1.96. The number of rotatable bonds is 3. The number of Topliss-reactive ketones (excluding diaryl/α,β-unsaturated/α-hetero) is 1. The standard InChI is InChI=1S/C16H14FNO3/c17-11-7-5-10(6-8-11)14(19)9-18-15(20)12-3-1-2-4-13(12)16(18)21/h1-2,5-8,12-13H,3-4,9H2/t12-,13-/m0/s1. The number of hydrogen-bond donors (Lipinski definition) is 0. The Morgan fingerprint density at radius 2 is 1.57 bits per heavy atom. The van der Waals surface area contributed by atoms with Gasteiger partial charge in [0.25, 0.3) is 0 Å². The Kier molecular flexibility index (Phi) is 3.41. The van der Waals surface area contributed by atoms with E-state index in [1.165, 1.54) is 24.3 Å². The molecule has 1 aromatic rings. The molecule has 2 amide bonds. The molecule has 0 unspecified atom stereocenters. The van der Waals surface area contributed by atoms with Crippen molar-refractivity contribution in [2.24, 2.45) is 11.8 Å². The molecule has 1 aliphatic carbocycles. The van der Waals surface area contributed by atoms with Gasteiger partial charge in [-0.2, -0.15) is 0 Å². The van der Waals surface area contributed by atoms with E-state index in [4.69, 9.17) is 0 Å². The van der Waals surface area contributed by atoms with Crippen molar-refractivity contribution in [2.45, 2.75) is 12.8 Å². The fraction of sp³-hybridized carbons (Fsp3) is 0.312. The molecule has 0 aromatic heterocycles. The van der Waals surface area contributed by atoms with E-state index in [1.54, 1.807) is 0 Å². The summed E-state index contributed by atoms with van der Waals surface area (Å²) in [6.45, 7) is -0.268. The summed E-state index contributed by atoms with van der Waals surface area (Å²) in [6.07, 6.45) is 4.90. The highest BCUT2D eigenvalue weighted by Crippen LogP contribution is 2.34. The number of ketones is 1. The summed E-state index contributed by atoms with van der Waals surface area (Å²) in [4.78, 5) is 37.6. The maximum absolute atomic E-state index is 12.8. The van der Waals surface area contributed by atoms with Crippen molar-refractivity contribution in [2.75, 3.05) is 6.54 Å². The highest BCUT2D eigenvalue weighted by atomic mass is 19.1. The fourth-order valence-corrected chi connectivity index (χ4v) is 2.90. The lowest BCUT2D eigenvalue weighted by Gasteiger charge is -2.14. The van der Waals surface area contributed by atoms with E-state index in [9.17, 15) is 18.8 Å². The van der Waals surface area contributed by atoms with Crippen LogP contribution in [0.15, 0.2) is 36.4 Å². The van der Waals surface area contributed by atoms with Crippen LogP contribution in [-0.2, 0) is 9.59 Å². The van der Waals surface area contributed by atoms with Gasteiger partial charge in [0.15, 0.2) is 5.78 Å². The molecule has 21 heavy (non-hydrogen) atoms. The van der Waals surface area contributed by atoms with Gasteiger partial charge in [0.1, 0.15) is 5.82 Å². The summed E-state index contributed by atoms with van der Waals surface area (Å²) in [5.74, 6) is -2.00. The first-order chi connectivity index (χ1) is 10.1. The van der Waals surface area contributed by atoms with Crippen molar-refractivity contribution in [1.29, 1.82) is 0 Å². The van der Waals surface area contributed by atoms with Gasteiger partial charge in [0.05, 0.1) is 18.4 Å². The third-order valence-corrected chi connectivity index (χ3v) is 4.07. The Morgan fingerprint density at radius 3 is 2.10 bits per heavy atom. The number of imide groups is 1. The minimum absolute atomic E-state index is 0.268. The SMILES string of the molecule is O=C(CN1C(=O)[C@H]2CC=CC[C@@H]2C1=O)c1ccc(F)cc1. The molecule has 0 N–H and O–H groups in total. The van der Waals surface area contributed by atoms with Crippen LogP contribution in [0, 0.1) is 17.7 Å². The van der Waals surface area contributed by atoms with E-state index >= 15 is 0 Å². The normalized spacial score (nSPS) is 24.3. The summed E-state index contributed by atoms with van der Waals surface area (Å²) in [5, 5.41) is 0. The maximum Gasteiger partial charge on any atom is 0.233 e. The summed E-state index contributed by atoms with van der Waals surface area (Å²) in [6, 6.07) is 5.09. The van der Waals surface area contributed by atoms with Gasteiger partial charge in [-0.15, -0.1) is 0 Å². The molecule has 0 bridgehead atoms. The number of amides is 2. The van der Waals surface area contributed by atoms with Crippen molar-refractivity contribution in [3.63, 3.8) is 0 Å². The molecule has 1 fully saturated rings. The van der Waals surface area contributed by atoms with Crippen molar-refractivity contribution in [3.05, 3.63) is 47.8 Å². The van der Waals surface area contributed by atoms with Crippen molar-refractivity contribution in [3.8, 4) is 0 Å². The molecule has 2 atom stereocenters. The molecular formula is C16H14FNO3. The first-order valence-corrected chi connectivity index (χ1v) is 6.87. The van der Waals surface area contributed by atoms with Crippen LogP contribution in [-0.4, -0.2) is 29.0 Å². The Bertz CT molecular complexity index is 609. The number of carbonyl (C=O) groups is 3. The Labute approximate surface area is 121 Å². The molecule has 4 nitrogen and oxygen atoms in total. The van der Waals surface area contributed by atoms with Gasteiger partial charge in [-0.25, -0.2) is 4.39 Å². The van der Waals surface area contributed by atoms with Crippen LogP contribution in [0.4, 0.5) is 4.39 Å². The van der Waals surface area contributed by atoms with Crippen molar-refractivity contribution < 1.29 is 18.8 Å². The number of nitrogens with zero attached hydrogens (tertiary/aromatic N) is 1. The maximum atomic E-state index is 12.8. The second-order valence-corrected chi connectivity index (χ2v) is 5.35. The summed E-state index contributed by atoms with van der Waals surface area (Å²) >= 11 is 0. The molecule has 5 heteroatoms. The predicted molar refractivity (Wildman–Crippen MR) is 72.8 cm³/mol. The number of hydrogen-bond acceptors (Lipinski definition) is 3. The monoisotopic (exact) mass is 287 g/mol. The lowest BCUT2D eigenvalue weighted by molar-refractivity contribution is -0.139. The largest absolute Gasteiger partial charge is 0.292 e. The average molecular weight is 287 g/mol. The lowest BCUT2D eigenvalue weighted by atomic mass is 9.85. The summed E-state index contributed by atoms with van der Waals surface area (Å²) < 4.78 is 12.8.